The fourth-order valence-electron chi connectivity index (χ4n) is 1.64. The number of nitrogens with two attached hydrogens (primary N) is 1. The van der Waals surface area contributed by atoms with Crippen LogP contribution in [0.15, 0.2) is 24.4 Å². The molecule has 1 aromatic heterocycles. The highest BCUT2D eigenvalue weighted by molar-refractivity contribution is 6.45. The second kappa shape index (κ2) is 5.33. The fourth-order valence-corrected chi connectivity index (χ4v) is 2.35. The maximum Gasteiger partial charge on any atom is 0.123 e. The fraction of sp³-hybridized carbons (Fsp3) is 0.0833. The van der Waals surface area contributed by atoms with Crippen molar-refractivity contribution in [2.24, 2.45) is 0 Å². The summed E-state index contributed by atoms with van der Waals surface area (Å²) in [5, 5.41) is 10.5. The molecule has 1 heterocycles. The van der Waals surface area contributed by atoms with E-state index < -0.39 is 0 Å². The van der Waals surface area contributed by atoms with E-state index >= 15 is 0 Å². The third kappa shape index (κ3) is 2.54. The summed E-state index contributed by atoms with van der Waals surface area (Å²) in [6, 6.07) is 4.81. The lowest BCUT2D eigenvalue weighted by atomic mass is 10.0. The number of aliphatic hydroxyl groups is 1. The predicted molar refractivity (Wildman–Crippen MR) is 75.0 cm³/mol. The minimum Gasteiger partial charge on any atom is -0.392 e. The van der Waals surface area contributed by atoms with Gasteiger partial charge in [0.25, 0.3) is 0 Å². The molecule has 2 aromatic rings. The molecule has 3 nitrogen and oxygen atoms in total. The van der Waals surface area contributed by atoms with Crippen molar-refractivity contribution in [3.05, 3.63) is 45.0 Å². The van der Waals surface area contributed by atoms with Crippen LogP contribution in [0.25, 0.3) is 11.1 Å². The van der Waals surface area contributed by atoms with Crippen molar-refractivity contribution in [1.82, 2.24) is 4.98 Å². The molecule has 0 bridgehead atoms. The largest absolute Gasteiger partial charge is 0.392 e. The maximum atomic E-state index is 9.34. The predicted octanol–water partition coefficient (Wildman–Crippen LogP) is 3.78. The number of rotatable bonds is 2. The standard InChI is InChI=1S/C12H9Cl3N2O/c13-7-2-8(12(15)10(14)3-7)9-4-17-11(16)1-6(9)5-18/h1-4,18H,5H2,(H2,16,17). The van der Waals surface area contributed by atoms with Crippen molar-refractivity contribution in [3.8, 4) is 11.1 Å². The van der Waals surface area contributed by atoms with E-state index in [2.05, 4.69) is 4.98 Å². The molecule has 0 aliphatic rings. The van der Waals surface area contributed by atoms with Gasteiger partial charge >= 0.3 is 0 Å². The van der Waals surface area contributed by atoms with Crippen molar-refractivity contribution in [2.75, 3.05) is 5.73 Å². The molecule has 6 heteroatoms. The summed E-state index contributed by atoms with van der Waals surface area (Å²) in [6.07, 6.45) is 1.54. The van der Waals surface area contributed by atoms with E-state index in [9.17, 15) is 5.11 Å². The molecule has 0 saturated carbocycles. The molecule has 0 aliphatic heterocycles. The number of benzene rings is 1. The molecule has 0 atom stereocenters. The number of nitrogen functional groups attached to an aromatic ring is 1. The number of aromatic nitrogens is 1. The first-order valence-corrected chi connectivity index (χ1v) is 6.16. The molecule has 0 unspecified atom stereocenters. The Hall–Kier alpha value is -1.00. The molecule has 3 N–H and O–H groups in total. The van der Waals surface area contributed by atoms with Gasteiger partial charge in [0.2, 0.25) is 0 Å². The first-order valence-electron chi connectivity index (χ1n) is 5.03. The number of halogens is 3. The van der Waals surface area contributed by atoms with Crippen LogP contribution >= 0.6 is 34.8 Å². The minimum absolute atomic E-state index is 0.178. The number of nitrogens with zero attached hydrogens (tertiary/aromatic N) is 1. The van der Waals surface area contributed by atoms with Gasteiger partial charge in [-0.05, 0) is 23.8 Å². The molecule has 1 aromatic carbocycles. The Balaban J connectivity index is 2.69. The molecular formula is C12H9Cl3N2O. The lowest BCUT2D eigenvalue weighted by molar-refractivity contribution is 0.282. The van der Waals surface area contributed by atoms with Gasteiger partial charge in [0.05, 0.1) is 16.7 Å². The van der Waals surface area contributed by atoms with Gasteiger partial charge in [-0.1, -0.05) is 34.8 Å². The van der Waals surface area contributed by atoms with Gasteiger partial charge in [0, 0.05) is 22.3 Å². The van der Waals surface area contributed by atoms with Crippen molar-refractivity contribution in [1.29, 1.82) is 0 Å². The van der Waals surface area contributed by atoms with Gasteiger partial charge < -0.3 is 10.8 Å². The normalized spacial score (nSPS) is 10.7. The minimum atomic E-state index is -0.178. The van der Waals surface area contributed by atoms with Crippen LogP contribution in [0.1, 0.15) is 5.56 Å². The summed E-state index contributed by atoms with van der Waals surface area (Å²) >= 11 is 18.1. The summed E-state index contributed by atoms with van der Waals surface area (Å²) in [5.74, 6) is 0.326. The zero-order chi connectivity index (χ0) is 13.3. The van der Waals surface area contributed by atoms with E-state index in [1.54, 1.807) is 18.2 Å². The Kier molecular flexibility index (Phi) is 3.97. The quantitative estimate of drug-likeness (QED) is 0.830. The Labute approximate surface area is 119 Å². The average Bonchev–Trinajstić information content (AvgIpc) is 2.34. The monoisotopic (exact) mass is 302 g/mol. The SMILES string of the molecule is Nc1cc(CO)c(-c2cc(Cl)cc(Cl)c2Cl)cn1. The van der Waals surface area contributed by atoms with Gasteiger partial charge in [0.1, 0.15) is 5.82 Å². The van der Waals surface area contributed by atoms with E-state index in [4.69, 9.17) is 40.5 Å². The Bertz CT molecular complexity index is 602. The van der Waals surface area contributed by atoms with Crippen LogP contribution in [0.5, 0.6) is 0 Å². The van der Waals surface area contributed by atoms with E-state index in [0.717, 1.165) is 0 Å². The Morgan fingerprint density at radius 1 is 1.11 bits per heavy atom. The van der Waals surface area contributed by atoms with Gasteiger partial charge in [-0.25, -0.2) is 4.98 Å². The molecule has 0 spiro atoms. The van der Waals surface area contributed by atoms with Crippen LogP contribution in [0, 0.1) is 0 Å². The number of pyridine rings is 1. The molecular weight excluding hydrogens is 295 g/mol. The molecule has 0 aliphatic carbocycles. The van der Waals surface area contributed by atoms with Crippen LogP contribution in [-0.2, 0) is 6.61 Å². The van der Waals surface area contributed by atoms with E-state index in [1.165, 1.54) is 6.20 Å². The summed E-state index contributed by atoms with van der Waals surface area (Å²) < 4.78 is 0. The van der Waals surface area contributed by atoms with E-state index in [0.29, 0.717) is 37.6 Å². The van der Waals surface area contributed by atoms with Crippen molar-refractivity contribution < 1.29 is 5.11 Å². The molecule has 0 radical (unpaired) electrons. The van der Waals surface area contributed by atoms with Gasteiger partial charge in [-0.3, -0.25) is 0 Å². The van der Waals surface area contributed by atoms with Crippen LogP contribution < -0.4 is 5.73 Å². The zero-order valence-electron chi connectivity index (χ0n) is 9.12. The Morgan fingerprint density at radius 2 is 1.83 bits per heavy atom. The molecule has 18 heavy (non-hydrogen) atoms. The molecule has 0 saturated heterocycles. The molecule has 94 valence electrons. The van der Waals surface area contributed by atoms with Crippen LogP contribution in [0.3, 0.4) is 0 Å². The van der Waals surface area contributed by atoms with Crippen LogP contribution in [-0.4, -0.2) is 10.1 Å². The van der Waals surface area contributed by atoms with Crippen LogP contribution in [0.4, 0.5) is 5.82 Å². The maximum absolute atomic E-state index is 9.34. The first kappa shape index (κ1) is 13.4. The summed E-state index contributed by atoms with van der Waals surface area (Å²) in [5.41, 5.74) is 7.46. The highest BCUT2D eigenvalue weighted by atomic mass is 35.5. The lowest BCUT2D eigenvalue weighted by Crippen LogP contribution is -1.97. The van der Waals surface area contributed by atoms with Crippen molar-refractivity contribution in [3.63, 3.8) is 0 Å². The van der Waals surface area contributed by atoms with Gasteiger partial charge in [0.15, 0.2) is 0 Å². The number of anilines is 1. The second-order valence-electron chi connectivity index (χ2n) is 3.67. The number of aliphatic hydroxyl groups excluding tert-OH is 1. The summed E-state index contributed by atoms with van der Waals surface area (Å²) in [4.78, 5) is 3.99. The lowest BCUT2D eigenvalue weighted by Gasteiger charge is -2.11. The highest BCUT2D eigenvalue weighted by Gasteiger charge is 2.13. The number of hydrogen-bond donors (Lipinski definition) is 2. The summed E-state index contributed by atoms with van der Waals surface area (Å²) in [6.45, 7) is -0.178. The molecule has 0 fully saturated rings. The molecule has 2 rings (SSSR count). The third-order valence-corrected chi connectivity index (χ3v) is 3.48. The number of hydrogen-bond acceptors (Lipinski definition) is 3. The zero-order valence-corrected chi connectivity index (χ0v) is 11.4. The summed E-state index contributed by atoms with van der Waals surface area (Å²) in [7, 11) is 0. The van der Waals surface area contributed by atoms with E-state index in [1.807, 2.05) is 0 Å². The first-order chi connectivity index (χ1) is 8.52. The second-order valence-corrected chi connectivity index (χ2v) is 4.90. The van der Waals surface area contributed by atoms with Gasteiger partial charge in [-0.2, -0.15) is 0 Å². The van der Waals surface area contributed by atoms with Gasteiger partial charge in [-0.15, -0.1) is 0 Å². The average molecular weight is 304 g/mol. The highest BCUT2D eigenvalue weighted by Crippen LogP contribution is 2.37. The Morgan fingerprint density at radius 3 is 2.50 bits per heavy atom. The third-order valence-electron chi connectivity index (χ3n) is 2.46. The van der Waals surface area contributed by atoms with E-state index in [-0.39, 0.29) is 6.61 Å². The topological polar surface area (TPSA) is 59.1 Å². The van der Waals surface area contributed by atoms with Crippen molar-refractivity contribution >= 4 is 40.6 Å². The molecule has 0 amide bonds. The smallest absolute Gasteiger partial charge is 0.123 e. The van der Waals surface area contributed by atoms with Crippen LogP contribution in [0.2, 0.25) is 15.1 Å². The van der Waals surface area contributed by atoms with Crippen molar-refractivity contribution in [2.45, 2.75) is 6.61 Å².